The SMILES string of the molecule is COC(=O)[C@@](O)(c1cc(C)c(O)cc1C)C(F)(F)F. The summed E-state index contributed by atoms with van der Waals surface area (Å²) in [6.45, 7) is 2.60. The average Bonchev–Trinajstić information content (AvgIpc) is 2.30. The Kier molecular flexibility index (Phi) is 3.81. The summed E-state index contributed by atoms with van der Waals surface area (Å²) in [5.74, 6) is -2.05. The fourth-order valence-corrected chi connectivity index (χ4v) is 1.72. The van der Waals surface area contributed by atoms with Gasteiger partial charge in [-0.25, -0.2) is 4.79 Å². The number of phenols is 1. The Bertz CT molecular complexity index is 510. The number of rotatable bonds is 2. The number of hydrogen-bond donors (Lipinski definition) is 2. The lowest BCUT2D eigenvalue weighted by Crippen LogP contribution is -2.50. The first-order valence-corrected chi connectivity index (χ1v) is 5.24. The summed E-state index contributed by atoms with van der Waals surface area (Å²) < 4.78 is 43.1. The van der Waals surface area contributed by atoms with E-state index in [1.807, 2.05) is 0 Å². The summed E-state index contributed by atoms with van der Waals surface area (Å²) in [7, 11) is 0.752. The van der Waals surface area contributed by atoms with Gasteiger partial charge in [-0.05, 0) is 37.1 Å². The fraction of sp³-hybridized carbons (Fsp3) is 0.417. The van der Waals surface area contributed by atoms with Crippen molar-refractivity contribution in [3.05, 3.63) is 28.8 Å². The zero-order valence-electron chi connectivity index (χ0n) is 10.5. The molecule has 1 aromatic rings. The molecule has 1 atom stereocenters. The van der Waals surface area contributed by atoms with Crippen molar-refractivity contribution in [2.24, 2.45) is 0 Å². The number of halogens is 3. The summed E-state index contributed by atoms with van der Waals surface area (Å²) >= 11 is 0. The number of phenolic OH excluding ortho intramolecular Hbond substituents is 1. The molecular formula is C12H13F3O4. The van der Waals surface area contributed by atoms with E-state index in [0.29, 0.717) is 0 Å². The third-order valence-corrected chi connectivity index (χ3v) is 2.82. The Hall–Kier alpha value is -1.76. The van der Waals surface area contributed by atoms with Crippen LogP contribution in [0.5, 0.6) is 5.75 Å². The number of carbonyl (C=O) groups excluding carboxylic acids is 1. The van der Waals surface area contributed by atoms with Crippen LogP contribution in [0.4, 0.5) is 13.2 Å². The van der Waals surface area contributed by atoms with E-state index in [0.717, 1.165) is 19.2 Å². The number of esters is 1. The van der Waals surface area contributed by atoms with Gasteiger partial charge in [0.1, 0.15) is 5.75 Å². The minimum absolute atomic E-state index is 0.0756. The zero-order chi connectivity index (χ0) is 15.0. The van der Waals surface area contributed by atoms with Gasteiger partial charge in [0.15, 0.2) is 0 Å². The Morgan fingerprint density at radius 2 is 1.74 bits per heavy atom. The molecule has 0 fully saturated rings. The van der Waals surface area contributed by atoms with Crippen LogP contribution in [0.2, 0.25) is 0 Å². The van der Waals surface area contributed by atoms with Gasteiger partial charge in [-0.3, -0.25) is 0 Å². The molecule has 0 aliphatic rings. The van der Waals surface area contributed by atoms with E-state index in [2.05, 4.69) is 4.74 Å². The molecule has 0 unspecified atom stereocenters. The topological polar surface area (TPSA) is 66.8 Å². The van der Waals surface area contributed by atoms with Crippen LogP contribution < -0.4 is 0 Å². The van der Waals surface area contributed by atoms with E-state index in [9.17, 15) is 28.2 Å². The summed E-state index contributed by atoms with van der Waals surface area (Å²) in [4.78, 5) is 11.4. The van der Waals surface area contributed by atoms with E-state index in [-0.39, 0.29) is 16.9 Å². The second kappa shape index (κ2) is 4.73. The van der Waals surface area contributed by atoms with Crippen LogP contribution >= 0.6 is 0 Å². The number of aromatic hydroxyl groups is 1. The smallest absolute Gasteiger partial charge is 0.432 e. The van der Waals surface area contributed by atoms with Crippen LogP contribution in [-0.4, -0.2) is 29.5 Å². The first-order valence-electron chi connectivity index (χ1n) is 5.24. The maximum atomic E-state index is 13.0. The zero-order valence-corrected chi connectivity index (χ0v) is 10.5. The second-order valence-electron chi connectivity index (χ2n) is 4.15. The van der Waals surface area contributed by atoms with E-state index in [4.69, 9.17) is 0 Å². The molecule has 0 radical (unpaired) electrons. The molecule has 0 aliphatic heterocycles. The number of aliphatic hydroxyl groups is 1. The van der Waals surface area contributed by atoms with Crippen LogP contribution in [0.25, 0.3) is 0 Å². The van der Waals surface area contributed by atoms with Crippen molar-refractivity contribution < 1.29 is 32.9 Å². The minimum Gasteiger partial charge on any atom is -0.508 e. The van der Waals surface area contributed by atoms with Gasteiger partial charge < -0.3 is 14.9 Å². The van der Waals surface area contributed by atoms with Crippen LogP contribution in [-0.2, 0) is 15.1 Å². The van der Waals surface area contributed by atoms with Crippen molar-refractivity contribution in [1.82, 2.24) is 0 Å². The predicted octanol–water partition coefficient (Wildman–Crippen LogP) is 1.93. The van der Waals surface area contributed by atoms with Crippen LogP contribution in [0.3, 0.4) is 0 Å². The minimum atomic E-state index is -5.24. The first-order chi connectivity index (χ1) is 8.55. The number of benzene rings is 1. The molecule has 2 N–H and O–H groups in total. The molecule has 0 aliphatic carbocycles. The standard InChI is InChI=1S/C12H13F3O4/c1-6-5-9(16)7(2)4-8(6)11(18,10(17)19-3)12(13,14)15/h4-5,16,18H,1-3H3/t11-/m0/s1. The monoisotopic (exact) mass is 278 g/mol. The number of methoxy groups -OCH3 is 1. The summed E-state index contributed by atoms with van der Waals surface area (Å²) in [5, 5.41) is 19.2. The highest BCUT2D eigenvalue weighted by molar-refractivity contribution is 5.83. The van der Waals surface area contributed by atoms with E-state index >= 15 is 0 Å². The van der Waals surface area contributed by atoms with Crippen molar-refractivity contribution in [3.8, 4) is 5.75 Å². The van der Waals surface area contributed by atoms with Crippen molar-refractivity contribution in [2.75, 3.05) is 7.11 Å². The number of aryl methyl sites for hydroxylation is 2. The molecule has 0 bridgehead atoms. The quantitative estimate of drug-likeness (QED) is 0.811. The number of alkyl halides is 3. The number of hydrogen-bond acceptors (Lipinski definition) is 4. The molecule has 4 nitrogen and oxygen atoms in total. The predicted molar refractivity (Wildman–Crippen MR) is 59.5 cm³/mol. The third kappa shape index (κ3) is 2.37. The van der Waals surface area contributed by atoms with Gasteiger partial charge in [0.25, 0.3) is 5.60 Å². The maximum absolute atomic E-state index is 13.0. The Labute approximate surface area is 107 Å². The molecule has 19 heavy (non-hydrogen) atoms. The molecule has 0 aromatic heterocycles. The van der Waals surface area contributed by atoms with Gasteiger partial charge in [-0.2, -0.15) is 13.2 Å². The highest BCUT2D eigenvalue weighted by atomic mass is 19.4. The van der Waals surface area contributed by atoms with Gasteiger partial charge in [-0.15, -0.1) is 0 Å². The molecule has 0 saturated carbocycles. The van der Waals surface area contributed by atoms with Crippen molar-refractivity contribution in [2.45, 2.75) is 25.6 Å². The maximum Gasteiger partial charge on any atom is 0.432 e. The highest BCUT2D eigenvalue weighted by Gasteiger charge is 2.62. The van der Waals surface area contributed by atoms with Gasteiger partial charge >= 0.3 is 12.1 Å². The fourth-order valence-electron chi connectivity index (χ4n) is 1.72. The normalized spacial score (nSPS) is 14.9. The lowest BCUT2D eigenvalue weighted by atomic mass is 9.88. The third-order valence-electron chi connectivity index (χ3n) is 2.82. The molecule has 0 heterocycles. The van der Waals surface area contributed by atoms with Crippen LogP contribution in [0.15, 0.2) is 12.1 Å². The largest absolute Gasteiger partial charge is 0.508 e. The van der Waals surface area contributed by atoms with Crippen molar-refractivity contribution >= 4 is 5.97 Å². The highest BCUT2D eigenvalue weighted by Crippen LogP contribution is 2.42. The Morgan fingerprint density at radius 1 is 1.21 bits per heavy atom. The molecule has 0 amide bonds. The Balaban J connectivity index is 3.60. The lowest BCUT2D eigenvalue weighted by Gasteiger charge is -2.29. The summed E-state index contributed by atoms with van der Waals surface area (Å²) in [6.07, 6.45) is -5.24. The van der Waals surface area contributed by atoms with Crippen molar-refractivity contribution in [3.63, 3.8) is 0 Å². The summed E-state index contributed by atoms with van der Waals surface area (Å²) in [5.41, 5.74) is -4.40. The van der Waals surface area contributed by atoms with E-state index in [1.54, 1.807) is 0 Å². The van der Waals surface area contributed by atoms with Crippen LogP contribution in [0.1, 0.15) is 16.7 Å². The second-order valence-corrected chi connectivity index (χ2v) is 4.15. The Morgan fingerprint density at radius 3 is 2.16 bits per heavy atom. The number of carbonyl (C=O) groups is 1. The van der Waals surface area contributed by atoms with Crippen LogP contribution in [0, 0.1) is 13.8 Å². The van der Waals surface area contributed by atoms with Gasteiger partial charge in [0.2, 0.25) is 0 Å². The van der Waals surface area contributed by atoms with E-state index in [1.165, 1.54) is 13.8 Å². The molecule has 1 aromatic carbocycles. The molecule has 106 valence electrons. The molecule has 0 spiro atoms. The molecule has 0 saturated heterocycles. The summed E-state index contributed by atoms with van der Waals surface area (Å²) in [6, 6.07) is 1.96. The van der Waals surface area contributed by atoms with Crippen molar-refractivity contribution in [1.29, 1.82) is 0 Å². The molecular weight excluding hydrogens is 265 g/mol. The first kappa shape index (κ1) is 15.3. The van der Waals surface area contributed by atoms with Gasteiger partial charge in [-0.1, -0.05) is 0 Å². The molecule has 1 rings (SSSR count). The lowest BCUT2D eigenvalue weighted by molar-refractivity contribution is -0.267. The number of ether oxygens (including phenoxy) is 1. The van der Waals surface area contributed by atoms with Gasteiger partial charge in [0, 0.05) is 5.56 Å². The van der Waals surface area contributed by atoms with Gasteiger partial charge in [0.05, 0.1) is 7.11 Å². The average molecular weight is 278 g/mol. The molecule has 7 heteroatoms. The van der Waals surface area contributed by atoms with E-state index < -0.39 is 23.3 Å².